The molecule has 9 heteroatoms. The van der Waals surface area contributed by atoms with E-state index in [1.807, 2.05) is 0 Å². The molecule has 0 fully saturated rings. The van der Waals surface area contributed by atoms with Crippen LogP contribution in [0.3, 0.4) is 0 Å². The maximum atomic E-state index is 13.6. The fraction of sp³-hybridized carbons (Fsp3) is 0.429. The van der Waals surface area contributed by atoms with Crippen molar-refractivity contribution < 1.29 is 36.6 Å². The maximum absolute atomic E-state index is 13.6. The van der Waals surface area contributed by atoms with Gasteiger partial charge in [0.1, 0.15) is 0 Å². The minimum absolute atomic E-state index is 0.101. The van der Waals surface area contributed by atoms with E-state index in [4.69, 9.17) is 5.11 Å². The normalized spacial score (nSPS) is 15.3. The van der Waals surface area contributed by atoms with Crippen LogP contribution >= 0.6 is 0 Å². The molecule has 0 aromatic heterocycles. The minimum atomic E-state index is -4.98. The van der Waals surface area contributed by atoms with Gasteiger partial charge in [0.25, 0.3) is 5.91 Å². The summed E-state index contributed by atoms with van der Waals surface area (Å²) in [6, 6.07) is 0.201. The summed E-state index contributed by atoms with van der Waals surface area (Å²) < 4.78 is 66.6. The standard InChI is InChI=1S/C14H12F5NO3/c1-6(2)20-5-9-8(11(20)21)3-7(13(15,16)12(22)23)4-10(9)14(17,18)19/h3-4,6H,5H2,1-2H3,(H,22,23). The van der Waals surface area contributed by atoms with Crippen LogP contribution in [-0.2, 0) is 23.4 Å². The molecule has 2 rings (SSSR count). The summed E-state index contributed by atoms with van der Waals surface area (Å²) in [5, 5.41) is 8.52. The third kappa shape index (κ3) is 2.75. The van der Waals surface area contributed by atoms with E-state index in [1.165, 1.54) is 0 Å². The minimum Gasteiger partial charge on any atom is -0.477 e. The Morgan fingerprint density at radius 3 is 2.22 bits per heavy atom. The molecule has 23 heavy (non-hydrogen) atoms. The van der Waals surface area contributed by atoms with Gasteiger partial charge in [-0.25, -0.2) is 4.79 Å². The molecular weight excluding hydrogens is 325 g/mol. The number of hydrogen-bond acceptors (Lipinski definition) is 2. The van der Waals surface area contributed by atoms with Crippen molar-refractivity contribution in [3.05, 3.63) is 34.4 Å². The molecule has 1 amide bonds. The van der Waals surface area contributed by atoms with Crippen LogP contribution in [0, 0.1) is 0 Å². The Balaban J connectivity index is 2.71. The molecular formula is C14H12F5NO3. The van der Waals surface area contributed by atoms with Crippen molar-refractivity contribution in [2.75, 3.05) is 0 Å². The van der Waals surface area contributed by atoms with Crippen molar-refractivity contribution in [3.8, 4) is 0 Å². The van der Waals surface area contributed by atoms with Crippen molar-refractivity contribution in [1.82, 2.24) is 4.90 Å². The lowest BCUT2D eigenvalue weighted by molar-refractivity contribution is -0.166. The molecule has 0 saturated carbocycles. The quantitative estimate of drug-likeness (QED) is 0.862. The van der Waals surface area contributed by atoms with Crippen molar-refractivity contribution >= 4 is 11.9 Å². The highest BCUT2D eigenvalue weighted by atomic mass is 19.4. The molecule has 0 bridgehead atoms. The first kappa shape index (κ1) is 17.2. The summed E-state index contributed by atoms with van der Waals surface area (Å²) in [6.07, 6.45) is -4.98. The van der Waals surface area contributed by atoms with Crippen LogP contribution in [0.25, 0.3) is 0 Å². The van der Waals surface area contributed by atoms with Gasteiger partial charge in [-0.1, -0.05) is 0 Å². The van der Waals surface area contributed by atoms with Crippen LogP contribution < -0.4 is 0 Å². The lowest BCUT2D eigenvalue weighted by Gasteiger charge is -2.20. The van der Waals surface area contributed by atoms with E-state index in [0.29, 0.717) is 6.07 Å². The molecule has 126 valence electrons. The molecule has 0 spiro atoms. The molecule has 0 radical (unpaired) electrons. The van der Waals surface area contributed by atoms with Crippen LogP contribution in [0.2, 0.25) is 0 Å². The molecule has 0 aliphatic carbocycles. The first-order chi connectivity index (χ1) is 10.4. The van der Waals surface area contributed by atoms with E-state index in [0.717, 1.165) is 4.90 Å². The molecule has 1 aromatic rings. The maximum Gasteiger partial charge on any atom is 0.416 e. The zero-order valence-electron chi connectivity index (χ0n) is 12.0. The van der Waals surface area contributed by atoms with Crippen LogP contribution in [0.4, 0.5) is 22.0 Å². The van der Waals surface area contributed by atoms with E-state index in [-0.39, 0.29) is 12.6 Å². The number of carboxylic acids is 1. The van der Waals surface area contributed by atoms with Crippen LogP contribution in [0.15, 0.2) is 12.1 Å². The number of nitrogens with zero attached hydrogens (tertiary/aromatic N) is 1. The van der Waals surface area contributed by atoms with E-state index in [9.17, 15) is 31.5 Å². The van der Waals surface area contributed by atoms with Gasteiger partial charge in [-0.2, -0.15) is 22.0 Å². The van der Waals surface area contributed by atoms with Gasteiger partial charge in [0.2, 0.25) is 0 Å². The number of halogens is 5. The van der Waals surface area contributed by atoms with Gasteiger partial charge in [-0.05, 0) is 31.5 Å². The number of carbonyl (C=O) groups excluding carboxylic acids is 1. The van der Waals surface area contributed by atoms with Gasteiger partial charge in [0, 0.05) is 23.7 Å². The highest BCUT2D eigenvalue weighted by molar-refractivity contribution is 5.99. The van der Waals surface area contributed by atoms with Crippen LogP contribution in [-0.4, -0.2) is 27.9 Å². The molecule has 0 unspecified atom stereocenters. The number of hydrogen-bond donors (Lipinski definition) is 1. The highest BCUT2D eigenvalue weighted by Gasteiger charge is 2.47. The Kier molecular flexibility index (Phi) is 3.86. The number of benzene rings is 1. The Labute approximate surface area is 127 Å². The monoisotopic (exact) mass is 337 g/mol. The molecule has 1 aromatic carbocycles. The molecule has 1 heterocycles. The highest BCUT2D eigenvalue weighted by Crippen LogP contribution is 2.41. The predicted molar refractivity (Wildman–Crippen MR) is 68.0 cm³/mol. The Morgan fingerprint density at radius 2 is 1.78 bits per heavy atom. The van der Waals surface area contributed by atoms with Crippen LogP contribution in [0.5, 0.6) is 0 Å². The van der Waals surface area contributed by atoms with Gasteiger partial charge in [-0.3, -0.25) is 4.79 Å². The summed E-state index contributed by atoms with van der Waals surface area (Å²) >= 11 is 0. The van der Waals surface area contributed by atoms with Gasteiger partial charge < -0.3 is 10.0 Å². The number of aliphatic carboxylic acids is 1. The Bertz CT molecular complexity index is 682. The SMILES string of the molecule is CC(C)N1Cc2c(cc(C(F)(F)C(=O)O)cc2C(F)(F)F)C1=O. The largest absolute Gasteiger partial charge is 0.477 e. The zero-order valence-corrected chi connectivity index (χ0v) is 12.0. The lowest BCUT2D eigenvalue weighted by Crippen LogP contribution is -2.31. The number of carboxylic acid groups (broad SMARTS) is 1. The Morgan fingerprint density at radius 1 is 1.22 bits per heavy atom. The second-order valence-electron chi connectivity index (χ2n) is 5.45. The fourth-order valence-corrected chi connectivity index (χ4v) is 2.40. The number of rotatable bonds is 3. The molecule has 1 aliphatic heterocycles. The predicted octanol–water partition coefficient (Wildman–Crippen LogP) is 3.25. The molecule has 0 saturated heterocycles. The van der Waals surface area contributed by atoms with Crippen molar-refractivity contribution in [2.24, 2.45) is 0 Å². The summed E-state index contributed by atoms with van der Waals surface area (Å²) in [5.41, 5.74) is -3.73. The number of fused-ring (bicyclic) bond motifs is 1. The average Bonchev–Trinajstić information content (AvgIpc) is 2.74. The Hall–Kier alpha value is -2.19. The number of amides is 1. The third-order valence-electron chi connectivity index (χ3n) is 3.63. The van der Waals surface area contributed by atoms with E-state index < -0.39 is 52.3 Å². The molecule has 1 aliphatic rings. The summed E-state index contributed by atoms with van der Waals surface area (Å²) in [7, 11) is 0. The lowest BCUT2D eigenvalue weighted by atomic mass is 9.96. The van der Waals surface area contributed by atoms with E-state index in [2.05, 4.69) is 0 Å². The second kappa shape index (κ2) is 5.17. The van der Waals surface area contributed by atoms with Crippen molar-refractivity contribution in [1.29, 1.82) is 0 Å². The average molecular weight is 337 g/mol. The fourth-order valence-electron chi connectivity index (χ4n) is 2.40. The summed E-state index contributed by atoms with van der Waals surface area (Å²) in [4.78, 5) is 23.8. The van der Waals surface area contributed by atoms with Gasteiger partial charge in [0.05, 0.1) is 5.56 Å². The molecule has 1 N–H and O–H groups in total. The third-order valence-corrected chi connectivity index (χ3v) is 3.63. The first-order valence-electron chi connectivity index (χ1n) is 6.54. The van der Waals surface area contributed by atoms with Gasteiger partial charge in [-0.15, -0.1) is 0 Å². The van der Waals surface area contributed by atoms with Gasteiger partial charge in [0.15, 0.2) is 0 Å². The van der Waals surface area contributed by atoms with E-state index in [1.54, 1.807) is 13.8 Å². The van der Waals surface area contributed by atoms with Gasteiger partial charge >= 0.3 is 18.1 Å². The number of carbonyl (C=O) groups is 2. The van der Waals surface area contributed by atoms with E-state index >= 15 is 0 Å². The second-order valence-corrected chi connectivity index (χ2v) is 5.45. The summed E-state index contributed by atoms with van der Waals surface area (Å²) in [5.74, 6) is -7.94. The number of alkyl halides is 5. The summed E-state index contributed by atoms with van der Waals surface area (Å²) in [6.45, 7) is 2.78. The zero-order chi connectivity index (χ0) is 17.7. The molecule has 4 nitrogen and oxygen atoms in total. The smallest absolute Gasteiger partial charge is 0.416 e. The van der Waals surface area contributed by atoms with Crippen molar-refractivity contribution in [3.63, 3.8) is 0 Å². The first-order valence-corrected chi connectivity index (χ1v) is 6.54. The topological polar surface area (TPSA) is 57.6 Å². The molecule has 0 atom stereocenters. The van der Waals surface area contributed by atoms with Crippen molar-refractivity contribution in [2.45, 2.75) is 38.5 Å². The van der Waals surface area contributed by atoms with Crippen LogP contribution in [0.1, 0.15) is 40.9 Å².